The fourth-order valence-corrected chi connectivity index (χ4v) is 1.84. The lowest BCUT2D eigenvalue weighted by Gasteiger charge is -2.19. The second-order valence-electron chi connectivity index (χ2n) is 3.98. The van der Waals surface area contributed by atoms with E-state index in [9.17, 15) is 4.79 Å². The quantitative estimate of drug-likeness (QED) is 0.588. The first kappa shape index (κ1) is 11.9. The number of benzene rings is 1. The number of ether oxygens (including phenoxy) is 1. The molecule has 1 aromatic carbocycles. The minimum Gasteiger partial charge on any atom is -0.380 e. The van der Waals surface area contributed by atoms with Crippen LogP contribution in [0.3, 0.4) is 0 Å². The summed E-state index contributed by atoms with van der Waals surface area (Å²) < 4.78 is 5.33. The van der Waals surface area contributed by atoms with Crippen LogP contribution in [-0.2, 0) is 4.74 Å². The zero-order valence-electron chi connectivity index (χ0n) is 9.69. The highest BCUT2D eigenvalue weighted by molar-refractivity contribution is 5.94. The van der Waals surface area contributed by atoms with Crippen molar-refractivity contribution in [3.8, 4) is 0 Å². The van der Waals surface area contributed by atoms with Gasteiger partial charge in [-0.15, -0.1) is 0 Å². The SMILES string of the molecule is NNc1ccc(C(=O)N2CCCOCC2)cc1. The topological polar surface area (TPSA) is 67.6 Å². The van der Waals surface area contributed by atoms with E-state index < -0.39 is 0 Å². The molecule has 1 saturated heterocycles. The predicted octanol–water partition coefficient (Wildman–Crippen LogP) is 0.835. The number of anilines is 1. The number of nitrogens with two attached hydrogens (primary N) is 1. The molecule has 0 aromatic heterocycles. The van der Waals surface area contributed by atoms with Gasteiger partial charge in [0.2, 0.25) is 0 Å². The third kappa shape index (κ3) is 2.95. The van der Waals surface area contributed by atoms with Gasteiger partial charge in [-0.25, -0.2) is 0 Å². The Morgan fingerprint density at radius 3 is 2.71 bits per heavy atom. The van der Waals surface area contributed by atoms with Crippen molar-refractivity contribution in [2.45, 2.75) is 6.42 Å². The van der Waals surface area contributed by atoms with Crippen LogP contribution in [0, 0.1) is 0 Å². The maximum absolute atomic E-state index is 12.2. The lowest BCUT2D eigenvalue weighted by atomic mass is 10.2. The first-order chi connectivity index (χ1) is 8.31. The maximum Gasteiger partial charge on any atom is 0.253 e. The van der Waals surface area contributed by atoms with Gasteiger partial charge >= 0.3 is 0 Å². The van der Waals surface area contributed by atoms with E-state index in [1.54, 1.807) is 24.3 Å². The van der Waals surface area contributed by atoms with Crippen molar-refractivity contribution in [1.82, 2.24) is 4.90 Å². The van der Waals surface area contributed by atoms with Gasteiger partial charge in [0.1, 0.15) is 0 Å². The molecule has 3 N–H and O–H groups in total. The summed E-state index contributed by atoms with van der Waals surface area (Å²) in [6.45, 7) is 2.78. The molecule has 1 amide bonds. The second-order valence-corrected chi connectivity index (χ2v) is 3.98. The molecular formula is C12H17N3O2. The monoisotopic (exact) mass is 235 g/mol. The Bertz CT molecular complexity index is 370. The van der Waals surface area contributed by atoms with Gasteiger partial charge in [-0.2, -0.15) is 0 Å². The normalized spacial score (nSPS) is 16.4. The maximum atomic E-state index is 12.2. The van der Waals surface area contributed by atoms with Crippen LogP contribution in [0.15, 0.2) is 24.3 Å². The summed E-state index contributed by atoms with van der Waals surface area (Å²) in [5.41, 5.74) is 4.02. The van der Waals surface area contributed by atoms with Gasteiger partial charge < -0.3 is 15.1 Å². The van der Waals surface area contributed by atoms with Gasteiger partial charge in [-0.3, -0.25) is 10.6 Å². The van der Waals surface area contributed by atoms with Crippen molar-refractivity contribution in [3.05, 3.63) is 29.8 Å². The van der Waals surface area contributed by atoms with Gasteiger partial charge in [-0.05, 0) is 30.7 Å². The van der Waals surface area contributed by atoms with E-state index in [2.05, 4.69) is 5.43 Å². The van der Waals surface area contributed by atoms with Gasteiger partial charge in [0.25, 0.3) is 5.91 Å². The molecule has 0 unspecified atom stereocenters. The Morgan fingerprint density at radius 2 is 2.00 bits per heavy atom. The average molecular weight is 235 g/mol. The number of nitrogens with zero attached hydrogens (tertiary/aromatic N) is 1. The standard InChI is InChI=1S/C12H17N3O2/c13-14-11-4-2-10(3-5-11)12(16)15-6-1-8-17-9-7-15/h2-5,14H,1,6-9,13H2. The third-order valence-electron chi connectivity index (χ3n) is 2.81. The minimum absolute atomic E-state index is 0.0547. The van der Waals surface area contributed by atoms with Crippen molar-refractivity contribution >= 4 is 11.6 Å². The number of hydrogen-bond donors (Lipinski definition) is 2. The summed E-state index contributed by atoms with van der Waals surface area (Å²) in [5, 5.41) is 0. The smallest absolute Gasteiger partial charge is 0.253 e. The summed E-state index contributed by atoms with van der Waals surface area (Å²) in [4.78, 5) is 14.0. The zero-order valence-corrected chi connectivity index (χ0v) is 9.69. The first-order valence-corrected chi connectivity index (χ1v) is 5.75. The highest BCUT2D eigenvalue weighted by atomic mass is 16.5. The molecule has 0 bridgehead atoms. The molecule has 92 valence electrons. The predicted molar refractivity (Wildman–Crippen MR) is 65.6 cm³/mol. The van der Waals surface area contributed by atoms with Crippen LogP contribution < -0.4 is 11.3 Å². The fourth-order valence-electron chi connectivity index (χ4n) is 1.84. The number of nitrogens with one attached hydrogen (secondary N) is 1. The highest BCUT2D eigenvalue weighted by Crippen LogP contribution is 2.11. The van der Waals surface area contributed by atoms with Crippen LogP contribution in [0.1, 0.15) is 16.8 Å². The van der Waals surface area contributed by atoms with E-state index in [-0.39, 0.29) is 5.91 Å². The molecule has 1 aliphatic rings. The lowest BCUT2D eigenvalue weighted by molar-refractivity contribution is 0.0741. The number of hydrazine groups is 1. The third-order valence-corrected chi connectivity index (χ3v) is 2.81. The van der Waals surface area contributed by atoms with Crippen LogP contribution in [0.2, 0.25) is 0 Å². The summed E-state index contributed by atoms with van der Waals surface area (Å²) >= 11 is 0. The van der Waals surface area contributed by atoms with Crippen LogP contribution >= 0.6 is 0 Å². The molecule has 0 atom stereocenters. The molecule has 1 heterocycles. The van der Waals surface area contributed by atoms with Gasteiger partial charge in [0, 0.05) is 30.9 Å². The van der Waals surface area contributed by atoms with Crippen molar-refractivity contribution in [2.24, 2.45) is 5.84 Å². The van der Waals surface area contributed by atoms with Crippen molar-refractivity contribution in [3.63, 3.8) is 0 Å². The van der Waals surface area contributed by atoms with E-state index in [1.165, 1.54) is 0 Å². The Labute approximate surface area is 101 Å². The molecule has 17 heavy (non-hydrogen) atoms. The molecule has 5 heteroatoms. The Hall–Kier alpha value is -1.59. The van der Waals surface area contributed by atoms with Gasteiger partial charge in [0.15, 0.2) is 0 Å². The van der Waals surface area contributed by atoms with Crippen molar-refractivity contribution < 1.29 is 9.53 Å². The Balaban J connectivity index is 2.06. The largest absolute Gasteiger partial charge is 0.380 e. The van der Waals surface area contributed by atoms with E-state index in [1.807, 2.05) is 4.90 Å². The van der Waals surface area contributed by atoms with Crippen LogP contribution in [-0.4, -0.2) is 37.1 Å². The summed E-state index contributed by atoms with van der Waals surface area (Å²) in [6, 6.07) is 7.15. The number of amides is 1. The molecule has 1 aliphatic heterocycles. The summed E-state index contributed by atoms with van der Waals surface area (Å²) in [6.07, 6.45) is 0.897. The molecule has 0 spiro atoms. The molecule has 1 aromatic rings. The van der Waals surface area contributed by atoms with Gasteiger partial charge in [0.05, 0.1) is 6.61 Å². The van der Waals surface area contributed by atoms with Crippen LogP contribution in [0.5, 0.6) is 0 Å². The molecule has 0 saturated carbocycles. The van der Waals surface area contributed by atoms with Gasteiger partial charge in [-0.1, -0.05) is 0 Å². The molecular weight excluding hydrogens is 218 g/mol. The van der Waals surface area contributed by atoms with Crippen LogP contribution in [0.4, 0.5) is 5.69 Å². The fraction of sp³-hybridized carbons (Fsp3) is 0.417. The number of rotatable bonds is 2. The number of nitrogen functional groups attached to an aromatic ring is 1. The number of carbonyl (C=O) groups is 1. The number of carbonyl (C=O) groups excluding carboxylic acids is 1. The Kier molecular flexibility index (Phi) is 3.95. The van der Waals surface area contributed by atoms with E-state index in [0.29, 0.717) is 18.7 Å². The highest BCUT2D eigenvalue weighted by Gasteiger charge is 2.17. The lowest BCUT2D eigenvalue weighted by Crippen LogP contribution is -2.33. The molecule has 5 nitrogen and oxygen atoms in total. The van der Waals surface area contributed by atoms with E-state index in [4.69, 9.17) is 10.6 Å². The minimum atomic E-state index is 0.0547. The summed E-state index contributed by atoms with van der Waals surface area (Å²) in [7, 11) is 0. The molecule has 0 aliphatic carbocycles. The van der Waals surface area contributed by atoms with Crippen LogP contribution in [0.25, 0.3) is 0 Å². The first-order valence-electron chi connectivity index (χ1n) is 5.75. The molecule has 0 radical (unpaired) electrons. The Morgan fingerprint density at radius 1 is 1.24 bits per heavy atom. The van der Waals surface area contributed by atoms with Crippen molar-refractivity contribution in [2.75, 3.05) is 31.7 Å². The number of hydrogen-bond acceptors (Lipinski definition) is 4. The molecule has 2 rings (SSSR count). The van der Waals surface area contributed by atoms with E-state index >= 15 is 0 Å². The van der Waals surface area contributed by atoms with E-state index in [0.717, 1.165) is 25.3 Å². The zero-order chi connectivity index (χ0) is 12.1. The average Bonchev–Trinajstić information content (AvgIpc) is 2.67. The summed E-state index contributed by atoms with van der Waals surface area (Å²) in [5.74, 6) is 5.33. The second kappa shape index (κ2) is 5.65. The molecule has 1 fully saturated rings. The van der Waals surface area contributed by atoms with Crippen molar-refractivity contribution in [1.29, 1.82) is 0 Å².